The number of hydrogen-bond donors (Lipinski definition) is 2. The fourth-order valence-corrected chi connectivity index (χ4v) is 6.91. The summed E-state index contributed by atoms with van der Waals surface area (Å²) < 4.78 is 27.4. The molecule has 2 N–H and O–H groups in total. The number of rotatable bonds is 8. The standard InChI is InChI=1S/C27H33N5O2S/c33-35(34,27-16-28-19-29-27)30-15-21-17-32(18-21)23-9-7-22-8-10-26(31-11-4-12-31)25(24(22)14-23)13-20-5-2-1-3-6-20/h1-3,5-7,9,14,16,19,21,25-26,30H,4,8,10-13,15,17-18H2,(H,28,29)/t25-,26+/m1/s1. The van der Waals surface area contributed by atoms with Crippen molar-refractivity contribution in [3.63, 3.8) is 0 Å². The monoisotopic (exact) mass is 491 g/mol. The molecule has 7 nitrogen and oxygen atoms in total. The van der Waals surface area contributed by atoms with Crippen molar-refractivity contribution in [2.45, 2.75) is 42.7 Å². The smallest absolute Gasteiger partial charge is 0.259 e. The topological polar surface area (TPSA) is 81.3 Å². The first-order valence-electron chi connectivity index (χ1n) is 12.7. The van der Waals surface area contributed by atoms with Gasteiger partial charge in [0.2, 0.25) is 0 Å². The summed E-state index contributed by atoms with van der Waals surface area (Å²) >= 11 is 0. The number of aromatic amines is 1. The fraction of sp³-hybridized carbons (Fsp3) is 0.444. The molecular formula is C27H33N5O2S. The molecule has 0 saturated carbocycles. The van der Waals surface area contributed by atoms with Gasteiger partial charge in [0.25, 0.3) is 10.0 Å². The number of imidazole rings is 1. The lowest BCUT2D eigenvalue weighted by Gasteiger charge is -2.46. The molecule has 2 fully saturated rings. The summed E-state index contributed by atoms with van der Waals surface area (Å²) in [7, 11) is -3.55. The number of nitrogens with one attached hydrogen (secondary N) is 2. The van der Waals surface area contributed by atoms with Crippen LogP contribution in [0.5, 0.6) is 0 Å². The summed E-state index contributed by atoms with van der Waals surface area (Å²) in [6.07, 6.45) is 7.58. The molecular weight excluding hydrogens is 458 g/mol. The molecule has 1 aromatic heterocycles. The highest BCUT2D eigenvalue weighted by molar-refractivity contribution is 7.89. The number of aryl methyl sites for hydroxylation is 1. The van der Waals surface area contributed by atoms with Gasteiger partial charge in [0.1, 0.15) is 0 Å². The van der Waals surface area contributed by atoms with Gasteiger partial charge in [-0.05, 0) is 67.6 Å². The number of likely N-dealkylation sites (tertiary alicyclic amines) is 1. The van der Waals surface area contributed by atoms with Gasteiger partial charge in [0.15, 0.2) is 5.03 Å². The van der Waals surface area contributed by atoms with E-state index in [1.165, 1.54) is 60.8 Å². The van der Waals surface area contributed by atoms with Crippen molar-refractivity contribution in [1.29, 1.82) is 0 Å². The average molecular weight is 492 g/mol. The number of anilines is 1. The lowest BCUT2D eigenvalue weighted by atomic mass is 9.74. The van der Waals surface area contributed by atoms with E-state index in [2.05, 4.69) is 73.0 Å². The maximum atomic E-state index is 12.3. The van der Waals surface area contributed by atoms with Crippen molar-refractivity contribution in [3.8, 4) is 0 Å². The molecule has 184 valence electrons. The maximum Gasteiger partial charge on any atom is 0.259 e. The molecule has 3 aromatic rings. The van der Waals surface area contributed by atoms with Crippen LogP contribution >= 0.6 is 0 Å². The van der Waals surface area contributed by atoms with Crippen molar-refractivity contribution in [2.75, 3.05) is 37.6 Å². The van der Waals surface area contributed by atoms with E-state index in [-0.39, 0.29) is 5.03 Å². The van der Waals surface area contributed by atoms with Crippen LogP contribution in [0.15, 0.2) is 66.1 Å². The molecule has 3 aliphatic rings. The minimum Gasteiger partial charge on any atom is -0.371 e. The van der Waals surface area contributed by atoms with Gasteiger partial charge in [-0.2, -0.15) is 0 Å². The highest BCUT2D eigenvalue weighted by atomic mass is 32.2. The first-order valence-corrected chi connectivity index (χ1v) is 14.2. The average Bonchev–Trinajstić information content (AvgIpc) is 3.35. The fourth-order valence-electron chi connectivity index (χ4n) is 5.89. The van der Waals surface area contributed by atoms with Gasteiger partial charge >= 0.3 is 0 Å². The normalized spacial score (nSPS) is 22.9. The Balaban J connectivity index is 1.16. The lowest BCUT2D eigenvalue weighted by molar-refractivity contribution is 0.0877. The van der Waals surface area contributed by atoms with Crippen LogP contribution in [0, 0.1) is 5.92 Å². The van der Waals surface area contributed by atoms with Gasteiger partial charge < -0.3 is 9.88 Å². The van der Waals surface area contributed by atoms with Crippen LogP contribution in [-0.2, 0) is 22.9 Å². The van der Waals surface area contributed by atoms with Crippen LogP contribution in [0.4, 0.5) is 5.69 Å². The minimum absolute atomic E-state index is 0.0459. The second-order valence-electron chi connectivity index (χ2n) is 10.2. The van der Waals surface area contributed by atoms with Gasteiger partial charge in [-0.1, -0.05) is 36.4 Å². The maximum absolute atomic E-state index is 12.3. The predicted octanol–water partition coefficient (Wildman–Crippen LogP) is 3.17. The van der Waals surface area contributed by atoms with Crippen molar-refractivity contribution in [2.24, 2.45) is 5.92 Å². The van der Waals surface area contributed by atoms with Gasteiger partial charge in [-0.15, -0.1) is 0 Å². The molecule has 0 unspecified atom stereocenters. The highest BCUT2D eigenvalue weighted by Crippen LogP contribution is 2.41. The molecule has 0 bridgehead atoms. The van der Waals surface area contributed by atoms with Crippen molar-refractivity contribution < 1.29 is 8.42 Å². The van der Waals surface area contributed by atoms with Crippen LogP contribution < -0.4 is 9.62 Å². The Bertz CT molecular complexity index is 1250. The summed E-state index contributed by atoms with van der Waals surface area (Å²) in [4.78, 5) is 11.6. The number of H-pyrrole nitrogens is 1. The van der Waals surface area contributed by atoms with E-state index in [1.54, 1.807) is 0 Å². The number of benzene rings is 2. The predicted molar refractivity (Wildman–Crippen MR) is 137 cm³/mol. The summed E-state index contributed by atoms with van der Waals surface area (Å²) in [5.41, 5.74) is 5.68. The van der Waals surface area contributed by atoms with E-state index in [1.807, 2.05) is 0 Å². The Morgan fingerprint density at radius 1 is 1.09 bits per heavy atom. The van der Waals surface area contributed by atoms with E-state index in [4.69, 9.17) is 0 Å². The number of nitrogens with zero attached hydrogens (tertiary/aromatic N) is 3. The molecule has 3 heterocycles. The van der Waals surface area contributed by atoms with Gasteiger partial charge in [0, 0.05) is 49.4 Å². The molecule has 2 aromatic carbocycles. The van der Waals surface area contributed by atoms with E-state index < -0.39 is 10.0 Å². The zero-order valence-corrected chi connectivity index (χ0v) is 20.8. The Kier molecular flexibility index (Phi) is 6.12. The Morgan fingerprint density at radius 3 is 2.63 bits per heavy atom. The first kappa shape index (κ1) is 22.8. The van der Waals surface area contributed by atoms with Crippen LogP contribution in [0.2, 0.25) is 0 Å². The number of sulfonamides is 1. The third-order valence-electron chi connectivity index (χ3n) is 7.99. The molecule has 0 spiro atoms. The number of fused-ring (bicyclic) bond motifs is 1. The van der Waals surface area contributed by atoms with Crippen molar-refractivity contribution in [3.05, 3.63) is 77.7 Å². The Hall–Kier alpha value is -2.68. The molecule has 2 atom stereocenters. The highest BCUT2D eigenvalue weighted by Gasteiger charge is 2.37. The third-order valence-corrected chi connectivity index (χ3v) is 9.31. The van der Waals surface area contributed by atoms with Crippen LogP contribution in [0.25, 0.3) is 0 Å². The number of hydrogen-bond acceptors (Lipinski definition) is 5. The SMILES string of the molecule is O=S(=O)(NCC1CN(c2ccc3c(c2)[C@@H](Cc2ccccc2)[C@@H](N2CCC2)CC3)C1)c1c[nH]cn1. The zero-order valence-electron chi connectivity index (χ0n) is 19.9. The lowest BCUT2D eigenvalue weighted by Crippen LogP contribution is -2.52. The van der Waals surface area contributed by atoms with Crippen LogP contribution in [-0.4, -0.2) is 62.1 Å². The Morgan fingerprint density at radius 2 is 1.91 bits per heavy atom. The van der Waals surface area contributed by atoms with E-state index >= 15 is 0 Å². The quantitative estimate of drug-likeness (QED) is 0.506. The summed E-state index contributed by atoms with van der Waals surface area (Å²) in [5.74, 6) is 0.813. The Labute approximate surface area is 207 Å². The van der Waals surface area contributed by atoms with Gasteiger partial charge in [-0.25, -0.2) is 18.1 Å². The molecule has 1 aliphatic carbocycles. The first-order chi connectivity index (χ1) is 17.1. The second kappa shape index (κ2) is 9.41. The molecule has 0 amide bonds. The van der Waals surface area contributed by atoms with Crippen molar-refractivity contribution in [1.82, 2.24) is 19.6 Å². The molecule has 8 heteroatoms. The van der Waals surface area contributed by atoms with Crippen LogP contribution in [0.1, 0.15) is 35.4 Å². The zero-order chi connectivity index (χ0) is 23.8. The summed E-state index contributed by atoms with van der Waals surface area (Å²) in [6, 6.07) is 18.5. The molecule has 2 saturated heterocycles. The van der Waals surface area contributed by atoms with Crippen LogP contribution in [0.3, 0.4) is 0 Å². The summed E-state index contributed by atoms with van der Waals surface area (Å²) in [5, 5.41) is 0.0459. The molecule has 35 heavy (non-hydrogen) atoms. The third kappa shape index (κ3) is 4.62. The molecule has 0 radical (unpaired) electrons. The molecule has 6 rings (SSSR count). The van der Waals surface area contributed by atoms with Gasteiger partial charge in [0.05, 0.1) is 6.33 Å². The number of aromatic nitrogens is 2. The van der Waals surface area contributed by atoms with E-state index in [9.17, 15) is 8.42 Å². The van der Waals surface area contributed by atoms with Crippen molar-refractivity contribution >= 4 is 15.7 Å². The van der Waals surface area contributed by atoms with Gasteiger partial charge in [-0.3, -0.25) is 4.90 Å². The minimum atomic E-state index is -3.55. The second-order valence-corrected chi connectivity index (χ2v) is 11.9. The summed E-state index contributed by atoms with van der Waals surface area (Å²) in [6.45, 7) is 4.62. The molecule has 2 aliphatic heterocycles. The van der Waals surface area contributed by atoms with E-state index in [0.717, 1.165) is 25.9 Å². The van der Waals surface area contributed by atoms with E-state index in [0.29, 0.717) is 24.4 Å². The largest absolute Gasteiger partial charge is 0.371 e.